The smallest absolute Gasteiger partial charge is 0.312 e. The molecule has 6 nitrogen and oxygen atoms in total. The van der Waals surface area contributed by atoms with E-state index < -0.39 is 5.41 Å². The Hall–Kier alpha value is -3.02. The Labute approximate surface area is 171 Å². The second-order valence-electron chi connectivity index (χ2n) is 8.04. The molecule has 0 spiro atoms. The molecule has 0 fully saturated rings. The van der Waals surface area contributed by atoms with Gasteiger partial charge < -0.3 is 10.1 Å². The molecule has 3 rings (SSSR count). The molecule has 29 heavy (non-hydrogen) atoms. The third-order valence-corrected chi connectivity index (χ3v) is 6.00. The van der Waals surface area contributed by atoms with Gasteiger partial charge in [0.1, 0.15) is 0 Å². The minimum absolute atomic E-state index is 0.149. The predicted octanol–water partition coefficient (Wildman–Crippen LogP) is 3.34. The van der Waals surface area contributed by atoms with Crippen molar-refractivity contribution in [1.82, 2.24) is 0 Å². The highest BCUT2D eigenvalue weighted by Crippen LogP contribution is 2.46. The molecular weight excluding hydrogens is 366 g/mol. The van der Waals surface area contributed by atoms with Gasteiger partial charge in [0.2, 0.25) is 0 Å². The Morgan fingerprint density at radius 1 is 1.24 bits per heavy atom. The van der Waals surface area contributed by atoms with Crippen molar-refractivity contribution in [2.45, 2.75) is 39.5 Å². The topological polar surface area (TPSA) is 93.4 Å². The number of nitrogens with two attached hydrogens (primary N) is 1. The van der Waals surface area contributed by atoms with Crippen molar-refractivity contribution in [1.29, 1.82) is 0 Å². The number of carbonyl (C=O) groups is 2. The van der Waals surface area contributed by atoms with Crippen LogP contribution < -0.4 is 10.8 Å². The molecule has 0 amide bonds. The molecule has 0 aliphatic heterocycles. The molecule has 152 valence electrons. The number of nitrogens with one attached hydrogen (secondary N) is 1. The SMILES string of the molecule is CNc1ccc(C(c2ccc3c(c2)C(=O)CC3)C(C)(C)C(=O)OC)c(C)c1N=[NH2+]. The third-order valence-electron chi connectivity index (χ3n) is 6.00. The maximum Gasteiger partial charge on any atom is 0.312 e. The lowest BCUT2D eigenvalue weighted by Crippen LogP contribution is -2.34. The number of esters is 1. The van der Waals surface area contributed by atoms with Crippen molar-refractivity contribution in [2.75, 3.05) is 19.5 Å². The number of aryl methyl sites for hydroxylation is 1. The van der Waals surface area contributed by atoms with Crippen LogP contribution in [0.5, 0.6) is 0 Å². The maximum absolute atomic E-state index is 12.8. The van der Waals surface area contributed by atoms with Crippen LogP contribution >= 0.6 is 0 Å². The summed E-state index contributed by atoms with van der Waals surface area (Å²) in [6.45, 7) is 5.67. The second-order valence-corrected chi connectivity index (χ2v) is 8.04. The van der Waals surface area contributed by atoms with E-state index in [1.807, 2.05) is 58.2 Å². The molecule has 1 unspecified atom stereocenters. The summed E-state index contributed by atoms with van der Waals surface area (Å²) in [4.78, 5) is 25.1. The van der Waals surface area contributed by atoms with Crippen LogP contribution in [0.25, 0.3) is 0 Å². The number of Topliss-reactive ketones (excluding diaryl/α,β-unsaturated/α-hetero) is 1. The van der Waals surface area contributed by atoms with Crippen LogP contribution in [0.1, 0.15) is 58.8 Å². The Morgan fingerprint density at radius 2 is 1.97 bits per heavy atom. The molecular formula is C23H28N3O3+. The molecule has 2 aromatic carbocycles. The molecule has 0 heterocycles. The first-order valence-electron chi connectivity index (χ1n) is 9.72. The summed E-state index contributed by atoms with van der Waals surface area (Å²) in [5, 5.41) is 7.06. The molecule has 0 saturated carbocycles. The first-order chi connectivity index (χ1) is 13.8. The van der Waals surface area contributed by atoms with Crippen molar-refractivity contribution < 1.29 is 19.9 Å². The number of fused-ring (bicyclic) bond motifs is 1. The van der Waals surface area contributed by atoms with E-state index in [1.165, 1.54) is 7.11 Å². The van der Waals surface area contributed by atoms with E-state index in [1.54, 1.807) is 0 Å². The molecule has 1 aliphatic carbocycles. The predicted molar refractivity (Wildman–Crippen MR) is 111 cm³/mol. The number of anilines is 1. The maximum atomic E-state index is 12.8. The highest BCUT2D eigenvalue weighted by Gasteiger charge is 2.41. The first-order valence-corrected chi connectivity index (χ1v) is 9.72. The number of methoxy groups -OCH3 is 1. The quantitative estimate of drug-likeness (QED) is 0.580. The number of ketones is 1. The van der Waals surface area contributed by atoms with E-state index in [0.717, 1.165) is 39.9 Å². The molecule has 0 saturated heterocycles. The number of hydrogen-bond acceptors (Lipinski definition) is 5. The molecule has 1 atom stereocenters. The van der Waals surface area contributed by atoms with E-state index in [4.69, 9.17) is 10.3 Å². The van der Waals surface area contributed by atoms with Crippen LogP contribution in [0.2, 0.25) is 0 Å². The lowest BCUT2D eigenvalue weighted by molar-refractivity contribution is -0.210. The molecule has 0 aromatic heterocycles. The zero-order valence-electron chi connectivity index (χ0n) is 17.6. The Morgan fingerprint density at radius 3 is 2.59 bits per heavy atom. The fourth-order valence-corrected chi connectivity index (χ4v) is 4.40. The average Bonchev–Trinajstić information content (AvgIpc) is 3.08. The number of ether oxygens (including phenoxy) is 1. The number of benzene rings is 2. The lowest BCUT2D eigenvalue weighted by atomic mass is 9.69. The molecule has 0 bridgehead atoms. The van der Waals surface area contributed by atoms with Gasteiger partial charge in [-0.15, -0.1) is 0 Å². The largest absolute Gasteiger partial charge is 0.469 e. The van der Waals surface area contributed by atoms with Crippen LogP contribution in [0.4, 0.5) is 11.4 Å². The summed E-state index contributed by atoms with van der Waals surface area (Å²) in [7, 11) is 3.20. The zero-order valence-corrected chi connectivity index (χ0v) is 17.6. The summed E-state index contributed by atoms with van der Waals surface area (Å²) in [6, 6.07) is 9.84. The molecule has 0 radical (unpaired) electrons. The summed E-state index contributed by atoms with van der Waals surface area (Å²) >= 11 is 0. The third kappa shape index (κ3) is 3.43. The summed E-state index contributed by atoms with van der Waals surface area (Å²) in [6.07, 6.45) is 1.31. The monoisotopic (exact) mass is 394 g/mol. The molecule has 3 N–H and O–H groups in total. The minimum Gasteiger partial charge on any atom is -0.469 e. The van der Waals surface area contributed by atoms with Crippen LogP contribution in [-0.2, 0) is 16.0 Å². The normalized spacial score (nSPS) is 14.3. The first kappa shape index (κ1) is 20.7. The average molecular weight is 394 g/mol. The van der Waals surface area contributed by atoms with Gasteiger partial charge in [-0.1, -0.05) is 18.2 Å². The van der Waals surface area contributed by atoms with Gasteiger partial charge in [-0.05, 0) is 66.7 Å². The van der Waals surface area contributed by atoms with Gasteiger partial charge in [0.25, 0.3) is 0 Å². The zero-order chi connectivity index (χ0) is 21.3. The molecule has 2 aromatic rings. The fourth-order valence-electron chi connectivity index (χ4n) is 4.40. The van der Waals surface area contributed by atoms with Gasteiger partial charge in [0, 0.05) is 24.9 Å². The van der Waals surface area contributed by atoms with Gasteiger partial charge in [0.05, 0.1) is 18.2 Å². The van der Waals surface area contributed by atoms with Crippen LogP contribution in [0, 0.1) is 12.3 Å². The van der Waals surface area contributed by atoms with Crippen molar-refractivity contribution in [3.63, 3.8) is 0 Å². The van der Waals surface area contributed by atoms with Gasteiger partial charge in [-0.25, -0.2) is 0 Å². The van der Waals surface area contributed by atoms with Gasteiger partial charge in [-0.2, -0.15) is 5.53 Å². The van der Waals surface area contributed by atoms with E-state index in [-0.39, 0.29) is 17.7 Å². The van der Waals surface area contributed by atoms with Gasteiger partial charge >= 0.3 is 5.97 Å². The van der Waals surface area contributed by atoms with Crippen molar-refractivity contribution in [2.24, 2.45) is 10.5 Å². The van der Waals surface area contributed by atoms with E-state index in [9.17, 15) is 9.59 Å². The highest BCUT2D eigenvalue weighted by molar-refractivity contribution is 6.00. The standard InChI is InChI=1S/C23H27N3O3/c1-13-16(9-10-18(25-4)21(13)26-24)20(23(2,3)22(28)29-5)15-7-6-14-8-11-19(27)17(14)12-15/h6-7,9-10,12,20,24-25H,8,11H2,1-5H3/p+1. The Bertz CT molecular complexity index is 995. The van der Waals surface area contributed by atoms with Crippen molar-refractivity contribution >= 4 is 23.1 Å². The highest BCUT2D eigenvalue weighted by atomic mass is 16.5. The number of rotatable bonds is 6. The summed E-state index contributed by atoms with van der Waals surface area (Å²) < 4.78 is 5.13. The number of carbonyl (C=O) groups excluding carboxylic acids is 2. The number of nitrogens with zero attached hydrogens (tertiary/aromatic N) is 1. The Balaban J connectivity index is 2.26. The van der Waals surface area contributed by atoms with Crippen molar-refractivity contribution in [3.05, 3.63) is 58.1 Å². The molecule has 6 heteroatoms. The molecule has 1 aliphatic rings. The lowest BCUT2D eigenvalue weighted by Gasteiger charge is -2.34. The second kappa shape index (κ2) is 7.78. The van der Waals surface area contributed by atoms with Crippen LogP contribution in [0.3, 0.4) is 0 Å². The summed E-state index contributed by atoms with van der Waals surface area (Å²) in [5.74, 6) is -0.505. The van der Waals surface area contributed by atoms with Crippen LogP contribution in [0.15, 0.2) is 35.4 Å². The van der Waals surface area contributed by atoms with E-state index >= 15 is 0 Å². The summed E-state index contributed by atoms with van der Waals surface area (Å²) in [5.41, 5.74) is 10.8. The van der Waals surface area contributed by atoms with E-state index in [2.05, 4.69) is 10.4 Å². The van der Waals surface area contributed by atoms with Gasteiger partial charge in [-0.3, -0.25) is 9.59 Å². The van der Waals surface area contributed by atoms with Crippen LogP contribution in [-0.4, -0.2) is 25.9 Å². The van der Waals surface area contributed by atoms with Crippen molar-refractivity contribution in [3.8, 4) is 0 Å². The fraction of sp³-hybridized carbons (Fsp3) is 0.391. The Kier molecular flexibility index (Phi) is 5.55. The van der Waals surface area contributed by atoms with E-state index in [0.29, 0.717) is 12.1 Å². The number of hydrogen-bond donors (Lipinski definition) is 2. The minimum atomic E-state index is -0.873. The van der Waals surface area contributed by atoms with Gasteiger partial charge in [0.15, 0.2) is 11.5 Å².